The maximum atomic E-state index is 0. The molecule has 0 aliphatic rings. The Kier molecular flexibility index (Phi) is 221. The van der Waals surface area contributed by atoms with Gasteiger partial charge in [0.25, 0.3) is 0 Å². The van der Waals surface area contributed by atoms with Crippen LogP contribution in [-0.2, 0) is 0 Å². The molecule has 0 spiro atoms. The van der Waals surface area contributed by atoms with E-state index in [1.807, 2.05) is 0 Å². The maximum Gasteiger partial charge on any atom is 0 e. The minimum atomic E-state index is 0. The Hall–Kier alpha value is 10.8. The van der Waals surface area contributed by atoms with Crippen molar-refractivity contribution in [3.05, 3.63) is 0 Å². The van der Waals surface area contributed by atoms with E-state index in [1.54, 1.807) is 0 Å². The van der Waals surface area contributed by atoms with E-state index >= 15 is 0 Å². The molecule has 7 heavy (non-hydrogen) atoms. The second-order valence-electron chi connectivity index (χ2n) is 0. The Bertz CT molecular complexity index is 4.14. The topological polar surface area (TPSA) is 0 Å². The Labute approximate surface area is 323 Å². The molecular formula is K6Na. The molecule has 0 rings (SSSR count). The van der Waals surface area contributed by atoms with Crippen LogP contribution in [0.5, 0.6) is 0 Å². The van der Waals surface area contributed by atoms with Crippen LogP contribution in [-0.4, -0.2) is 338 Å². The van der Waals surface area contributed by atoms with Crippen molar-refractivity contribution in [3.8, 4) is 0 Å². The van der Waals surface area contributed by atoms with E-state index < -0.39 is 0 Å². The van der Waals surface area contributed by atoms with E-state index in [2.05, 4.69) is 0 Å². The summed E-state index contributed by atoms with van der Waals surface area (Å²) in [6.07, 6.45) is 0. The van der Waals surface area contributed by atoms with Crippen molar-refractivity contribution in [1.82, 2.24) is 0 Å². The van der Waals surface area contributed by atoms with E-state index in [-0.39, 0.29) is 338 Å². The molecule has 0 bridgehead atoms. The molecule has 0 saturated heterocycles. The van der Waals surface area contributed by atoms with E-state index in [4.69, 9.17) is 0 Å². The molecule has 0 atom stereocenters. The summed E-state index contributed by atoms with van der Waals surface area (Å²) in [4.78, 5) is 0. The Morgan fingerprint density at radius 2 is 0.286 bits per heavy atom. The van der Waals surface area contributed by atoms with Gasteiger partial charge in [-0.2, -0.15) is 0 Å². The predicted octanol–water partition coefficient (Wildman–Crippen LogP) is -2.67. The van der Waals surface area contributed by atoms with Crippen LogP contribution in [0.15, 0.2) is 0 Å². The van der Waals surface area contributed by atoms with E-state index in [0.717, 1.165) is 0 Å². The first-order valence-electron chi connectivity index (χ1n) is 0. The van der Waals surface area contributed by atoms with Crippen LogP contribution in [0.2, 0.25) is 0 Å². The number of hydrogen-bond acceptors (Lipinski definition) is 0. The Balaban J connectivity index is 0. The van der Waals surface area contributed by atoms with Crippen molar-refractivity contribution in [3.63, 3.8) is 0 Å². The third-order valence-electron chi connectivity index (χ3n) is 0. The Morgan fingerprint density at radius 1 is 0.286 bits per heavy atom. The normalized spacial score (nSPS) is 0. The first kappa shape index (κ1) is 43.1. The predicted molar refractivity (Wildman–Crippen MR) is 40.3 cm³/mol. The molecule has 0 aromatic heterocycles. The fourth-order valence-electron chi connectivity index (χ4n) is 0. The first-order chi connectivity index (χ1) is 0. The molecule has 0 aliphatic heterocycles. The number of hydrogen-bond donors (Lipinski definition) is 0. The monoisotopic (exact) mass is 257 g/mol. The summed E-state index contributed by atoms with van der Waals surface area (Å²) in [5.74, 6) is 0. The molecular weight excluding hydrogens is 258 g/mol. The van der Waals surface area contributed by atoms with E-state index in [9.17, 15) is 0 Å². The van der Waals surface area contributed by atoms with Gasteiger partial charge in [0, 0.05) is 338 Å². The molecule has 0 heterocycles. The van der Waals surface area contributed by atoms with Gasteiger partial charge in [-0.1, -0.05) is 0 Å². The molecule has 0 fully saturated rings. The minimum absolute atomic E-state index is 0. The standard InChI is InChI=1S/6K.Na. The molecule has 0 saturated carbocycles. The van der Waals surface area contributed by atoms with Crippen molar-refractivity contribution in [1.29, 1.82) is 0 Å². The average molecular weight is 258 g/mol. The van der Waals surface area contributed by atoms with E-state index in [0.29, 0.717) is 0 Å². The second kappa shape index (κ2) is 36.0. The summed E-state index contributed by atoms with van der Waals surface area (Å²) in [5, 5.41) is 0. The third kappa shape index (κ3) is 31.6. The van der Waals surface area contributed by atoms with Crippen molar-refractivity contribution < 1.29 is 0 Å². The molecule has 7 heteroatoms. The summed E-state index contributed by atoms with van der Waals surface area (Å²) >= 11 is 0. The largest absolute Gasteiger partial charge is 0 e. The van der Waals surface area contributed by atoms with Crippen LogP contribution >= 0.6 is 0 Å². The van der Waals surface area contributed by atoms with Gasteiger partial charge in [0.05, 0.1) is 0 Å². The van der Waals surface area contributed by atoms with Crippen LogP contribution in [0.25, 0.3) is 0 Å². The second-order valence-corrected chi connectivity index (χ2v) is 0. The zero-order valence-corrected chi connectivity index (χ0v) is 27.7. The first-order valence-corrected chi connectivity index (χ1v) is 0. The van der Waals surface area contributed by atoms with Gasteiger partial charge in [-0.05, 0) is 0 Å². The summed E-state index contributed by atoms with van der Waals surface area (Å²) in [7, 11) is 0. The molecule has 0 amide bonds. The average Bonchev–Trinajstić information content (AvgIpc) is 0. The zero-order valence-electron chi connectivity index (χ0n) is 7.00. The maximum absolute atomic E-state index is 0. The molecule has 0 unspecified atom stereocenters. The molecule has 0 N–H and O–H groups in total. The molecule has 0 nitrogen and oxygen atoms in total. The van der Waals surface area contributed by atoms with Gasteiger partial charge in [0.2, 0.25) is 0 Å². The minimum Gasteiger partial charge on any atom is 0 e. The fraction of sp³-hybridized carbons (Fsp3) is 0. The summed E-state index contributed by atoms with van der Waals surface area (Å²) in [5.41, 5.74) is 0. The SMILES string of the molecule is [K].[K].[K].[K].[K].[K].[Na]. The van der Waals surface area contributed by atoms with Gasteiger partial charge >= 0.3 is 0 Å². The molecule has 0 aromatic rings. The Morgan fingerprint density at radius 3 is 0.286 bits per heavy atom. The van der Waals surface area contributed by atoms with Crippen LogP contribution in [0.1, 0.15) is 0 Å². The van der Waals surface area contributed by atoms with E-state index in [1.165, 1.54) is 0 Å². The van der Waals surface area contributed by atoms with Gasteiger partial charge in [-0.25, -0.2) is 0 Å². The quantitative estimate of drug-likeness (QED) is 0.416. The van der Waals surface area contributed by atoms with Gasteiger partial charge in [-0.15, -0.1) is 0 Å². The van der Waals surface area contributed by atoms with Crippen LogP contribution in [0.4, 0.5) is 0 Å². The van der Waals surface area contributed by atoms with Crippen LogP contribution in [0, 0.1) is 0 Å². The summed E-state index contributed by atoms with van der Waals surface area (Å²) in [6, 6.07) is 0. The van der Waals surface area contributed by atoms with Crippen molar-refractivity contribution >= 4 is 338 Å². The smallest absolute Gasteiger partial charge is 0 e. The van der Waals surface area contributed by atoms with Crippen LogP contribution in [0.3, 0.4) is 0 Å². The third-order valence-corrected chi connectivity index (χ3v) is 0. The molecule has 7 valence electrons. The molecule has 0 aromatic carbocycles. The van der Waals surface area contributed by atoms with Crippen molar-refractivity contribution in [2.24, 2.45) is 0 Å². The van der Waals surface area contributed by atoms with Crippen molar-refractivity contribution in [2.75, 3.05) is 0 Å². The molecule has 7 radical (unpaired) electrons. The fourth-order valence-corrected chi connectivity index (χ4v) is 0. The van der Waals surface area contributed by atoms with Crippen molar-refractivity contribution in [2.45, 2.75) is 0 Å². The van der Waals surface area contributed by atoms with Crippen LogP contribution < -0.4 is 0 Å². The summed E-state index contributed by atoms with van der Waals surface area (Å²) in [6.45, 7) is 0. The molecule has 0 aliphatic carbocycles. The van der Waals surface area contributed by atoms with Gasteiger partial charge in [0.15, 0.2) is 0 Å². The number of rotatable bonds is 0. The van der Waals surface area contributed by atoms with Gasteiger partial charge in [0.1, 0.15) is 0 Å². The van der Waals surface area contributed by atoms with Gasteiger partial charge < -0.3 is 0 Å². The zero-order chi connectivity index (χ0) is 0. The summed E-state index contributed by atoms with van der Waals surface area (Å²) < 4.78 is 0. The van der Waals surface area contributed by atoms with Gasteiger partial charge in [-0.3, -0.25) is 0 Å².